The normalized spacial score (nSPS) is 40.8. The van der Waals surface area contributed by atoms with Crippen molar-refractivity contribution >= 4 is 17.7 Å². The Morgan fingerprint density at radius 1 is 0.511 bits per heavy atom. The van der Waals surface area contributed by atoms with Crippen LogP contribution in [0.4, 0.5) is 0 Å². The second kappa shape index (κ2) is 18.1. The number of aliphatic hydroxyl groups excluding tert-OH is 8. The van der Waals surface area contributed by atoms with Crippen LogP contribution >= 0.6 is 0 Å². The van der Waals surface area contributed by atoms with Gasteiger partial charge in [-0.2, -0.15) is 0 Å². The Kier molecular flexibility index (Phi) is 15.2. The van der Waals surface area contributed by atoms with Crippen LogP contribution in [-0.2, 0) is 23.9 Å². The van der Waals surface area contributed by atoms with Gasteiger partial charge in [-0.1, -0.05) is 0 Å². The van der Waals surface area contributed by atoms with Crippen LogP contribution in [0.5, 0.6) is 0 Å². The highest BCUT2D eigenvalue weighted by Crippen LogP contribution is 2.37. The van der Waals surface area contributed by atoms with Crippen molar-refractivity contribution in [2.45, 2.75) is 88.7 Å². The van der Waals surface area contributed by atoms with E-state index in [4.69, 9.17) is 9.47 Å². The number of carbonyl (C=O) groups excluding carboxylic acids is 3. The molecule has 3 aliphatic rings. The number of hydrogen-bond donors (Lipinski definition) is 11. The maximum Gasteiger partial charge on any atom is 0.217 e. The van der Waals surface area contributed by atoms with Crippen molar-refractivity contribution < 1.29 is 64.7 Å². The fourth-order valence-electron chi connectivity index (χ4n) is 7.80. The number of hydrogen-bond acceptors (Lipinski definition) is 13. The van der Waals surface area contributed by atoms with E-state index in [1.165, 1.54) is 20.8 Å². The predicted octanol–water partition coefficient (Wildman–Crippen LogP) is -4.16. The molecule has 0 heterocycles. The summed E-state index contributed by atoms with van der Waals surface area (Å²) >= 11 is 0. The summed E-state index contributed by atoms with van der Waals surface area (Å²) in [5.41, 5.74) is 0. The molecular weight excluding hydrogens is 622 g/mol. The lowest BCUT2D eigenvalue weighted by atomic mass is 9.70. The minimum atomic E-state index is -1.32. The summed E-state index contributed by atoms with van der Waals surface area (Å²) in [6.45, 7) is 2.90. The van der Waals surface area contributed by atoms with E-state index < -0.39 is 102 Å². The minimum Gasteiger partial charge on any atom is -0.396 e. The first-order valence-electron chi connectivity index (χ1n) is 16.4. The van der Waals surface area contributed by atoms with Gasteiger partial charge < -0.3 is 66.3 Å². The average Bonchev–Trinajstić information content (AvgIpc) is 3.01. The number of aliphatic hydroxyl groups is 8. The number of nitrogens with one attached hydrogen (secondary N) is 3. The lowest BCUT2D eigenvalue weighted by molar-refractivity contribution is -0.137. The summed E-state index contributed by atoms with van der Waals surface area (Å²) < 4.78 is 12.0. The molecule has 3 rings (SSSR count). The molecule has 0 aliphatic heterocycles. The lowest BCUT2D eigenvalue weighted by Crippen LogP contribution is -2.60. The van der Waals surface area contributed by atoms with E-state index in [0.717, 1.165) is 0 Å². The third-order valence-electron chi connectivity index (χ3n) is 10.3. The molecule has 0 aromatic heterocycles. The van der Waals surface area contributed by atoms with Crippen LogP contribution in [0.2, 0.25) is 0 Å². The Hall–Kier alpha value is -1.99. The molecule has 11 N–H and O–H groups in total. The largest absolute Gasteiger partial charge is 0.396 e. The molecule has 3 fully saturated rings. The van der Waals surface area contributed by atoms with Gasteiger partial charge in [0.2, 0.25) is 17.7 Å². The molecule has 6 unspecified atom stereocenters. The SMILES string of the molecule is CC(=O)NC1[C@H](COC[C@H]2C(CO)C[C@@H](COC[C@@H]3C(CO)C[C@@H](O)C(NC(C)=O)[C@@H]3O)C(NC(C)=O)[C@@H]2O)CC(CO)[C@@H](O)[C@H]1O. The predicted molar refractivity (Wildman–Crippen MR) is 164 cm³/mol. The number of carbonyl (C=O) groups is 3. The van der Waals surface area contributed by atoms with Crippen LogP contribution in [0.3, 0.4) is 0 Å². The van der Waals surface area contributed by atoms with Gasteiger partial charge >= 0.3 is 0 Å². The van der Waals surface area contributed by atoms with Gasteiger partial charge in [0.25, 0.3) is 0 Å². The molecule has 0 radical (unpaired) electrons. The van der Waals surface area contributed by atoms with Crippen molar-refractivity contribution in [1.29, 1.82) is 0 Å². The molecule has 0 aromatic rings. The van der Waals surface area contributed by atoms with Crippen molar-refractivity contribution in [2.75, 3.05) is 46.2 Å². The van der Waals surface area contributed by atoms with Crippen molar-refractivity contribution in [1.82, 2.24) is 16.0 Å². The summed E-state index contributed by atoms with van der Waals surface area (Å²) in [5.74, 6) is -4.92. The van der Waals surface area contributed by atoms with Gasteiger partial charge in [-0.05, 0) is 31.1 Å². The van der Waals surface area contributed by atoms with Crippen molar-refractivity contribution in [3.8, 4) is 0 Å². The molecule has 15 atom stereocenters. The summed E-state index contributed by atoms with van der Waals surface area (Å²) in [6, 6.07) is -2.54. The Labute approximate surface area is 274 Å². The highest BCUT2D eigenvalue weighted by molar-refractivity contribution is 5.74. The third kappa shape index (κ3) is 10.0. The van der Waals surface area contributed by atoms with E-state index in [1.807, 2.05) is 0 Å². The topological polar surface area (TPSA) is 268 Å². The molecule has 3 amide bonds. The van der Waals surface area contributed by atoms with Gasteiger partial charge in [0.15, 0.2) is 0 Å². The second-order valence-electron chi connectivity index (χ2n) is 13.7. The summed E-state index contributed by atoms with van der Waals surface area (Å²) in [6.07, 6.45) is -5.20. The molecule has 3 saturated carbocycles. The van der Waals surface area contributed by atoms with Gasteiger partial charge in [0.05, 0.1) is 69.0 Å². The van der Waals surface area contributed by atoms with E-state index in [0.29, 0.717) is 6.42 Å². The summed E-state index contributed by atoms with van der Waals surface area (Å²) in [5, 5.41) is 91.7. The van der Waals surface area contributed by atoms with Crippen LogP contribution in [0.1, 0.15) is 40.0 Å². The molecule has 3 aliphatic carbocycles. The molecule has 16 heteroatoms. The van der Waals surface area contributed by atoms with Gasteiger partial charge in [-0.3, -0.25) is 14.4 Å². The molecule has 0 spiro atoms. The van der Waals surface area contributed by atoms with Crippen molar-refractivity contribution in [2.24, 2.45) is 41.4 Å². The maximum atomic E-state index is 12.2. The van der Waals surface area contributed by atoms with Gasteiger partial charge in [-0.25, -0.2) is 0 Å². The van der Waals surface area contributed by atoms with Crippen molar-refractivity contribution in [3.05, 3.63) is 0 Å². The molecular formula is C31H55N3O13. The van der Waals surface area contributed by atoms with Gasteiger partial charge in [0, 0.05) is 70.2 Å². The first kappa shape index (κ1) is 39.4. The highest BCUT2D eigenvalue weighted by atomic mass is 16.5. The van der Waals surface area contributed by atoms with Crippen LogP contribution in [0.15, 0.2) is 0 Å². The minimum absolute atomic E-state index is 0.0217. The molecule has 16 nitrogen and oxygen atoms in total. The van der Waals surface area contributed by atoms with E-state index in [-0.39, 0.29) is 65.0 Å². The van der Waals surface area contributed by atoms with Gasteiger partial charge in [0.1, 0.15) is 6.10 Å². The van der Waals surface area contributed by atoms with E-state index in [9.17, 15) is 55.2 Å². The molecule has 47 heavy (non-hydrogen) atoms. The molecule has 272 valence electrons. The Bertz CT molecular complexity index is 1020. The average molecular weight is 678 g/mol. The smallest absolute Gasteiger partial charge is 0.217 e. The zero-order valence-corrected chi connectivity index (χ0v) is 27.4. The lowest BCUT2D eigenvalue weighted by Gasteiger charge is -2.46. The second-order valence-corrected chi connectivity index (χ2v) is 13.7. The molecule has 0 aromatic carbocycles. The fraction of sp³-hybridized carbons (Fsp3) is 0.903. The zero-order chi connectivity index (χ0) is 35.0. The quantitative estimate of drug-likeness (QED) is 0.0835. The maximum absolute atomic E-state index is 12.2. The molecule has 0 bridgehead atoms. The summed E-state index contributed by atoms with van der Waals surface area (Å²) in [7, 11) is 0. The number of ether oxygens (including phenoxy) is 2. The Balaban J connectivity index is 1.66. The number of amides is 3. The Morgan fingerprint density at radius 3 is 1.34 bits per heavy atom. The van der Waals surface area contributed by atoms with Crippen LogP contribution in [0, 0.1) is 41.4 Å². The van der Waals surface area contributed by atoms with Gasteiger partial charge in [-0.15, -0.1) is 0 Å². The van der Waals surface area contributed by atoms with Crippen LogP contribution in [-0.4, -0.2) is 153 Å². The van der Waals surface area contributed by atoms with E-state index in [2.05, 4.69) is 16.0 Å². The summed E-state index contributed by atoms with van der Waals surface area (Å²) in [4.78, 5) is 35.6. The molecule has 0 saturated heterocycles. The third-order valence-corrected chi connectivity index (χ3v) is 10.3. The monoisotopic (exact) mass is 677 g/mol. The standard InChI is InChI=1S/C31H55N3O13/c1-14(38)32-25-20(10-46-13-23-18(8-36)6-24(41)27(30(23)44)34-16(3)40)4-17(7-35)22(29(25)43)12-47-11-21-5-19(9-37)28(42)31(45)26(21)33-15(2)39/h17-31,35-37,41-45H,4-13H2,1-3H3,(H,32,38)(H,33,39)(H,34,40)/t17?,18?,19?,20-,21-,22-,23+,24+,25?,26?,27?,28+,29+,30+,31-/m0/s1. The Morgan fingerprint density at radius 2 is 0.894 bits per heavy atom. The van der Waals surface area contributed by atoms with E-state index >= 15 is 0 Å². The fourth-order valence-corrected chi connectivity index (χ4v) is 7.80. The first-order valence-corrected chi connectivity index (χ1v) is 16.4. The van der Waals surface area contributed by atoms with Crippen LogP contribution < -0.4 is 16.0 Å². The van der Waals surface area contributed by atoms with Crippen molar-refractivity contribution in [3.63, 3.8) is 0 Å². The highest BCUT2D eigenvalue weighted by Gasteiger charge is 2.47. The zero-order valence-electron chi connectivity index (χ0n) is 27.4. The first-order chi connectivity index (χ1) is 22.2. The van der Waals surface area contributed by atoms with E-state index in [1.54, 1.807) is 0 Å². The number of rotatable bonds is 14. The van der Waals surface area contributed by atoms with Crippen LogP contribution in [0.25, 0.3) is 0 Å².